The van der Waals surface area contributed by atoms with Gasteiger partial charge in [-0.2, -0.15) is 26.3 Å². The number of hydrogen-bond acceptors (Lipinski definition) is 2. The van der Waals surface area contributed by atoms with Crippen molar-refractivity contribution in [3.63, 3.8) is 0 Å². The number of carbonyl (C=O) groups excluding carboxylic acids is 1. The van der Waals surface area contributed by atoms with Crippen LogP contribution in [-0.2, 0) is 12.4 Å². The summed E-state index contributed by atoms with van der Waals surface area (Å²) >= 11 is 5.86. The van der Waals surface area contributed by atoms with Gasteiger partial charge in [0.05, 0.1) is 21.8 Å². The molecular weight excluding hydrogens is 412 g/mol. The van der Waals surface area contributed by atoms with Crippen molar-refractivity contribution < 1.29 is 31.1 Å². The average molecular weight is 422 g/mol. The van der Waals surface area contributed by atoms with E-state index >= 15 is 0 Å². The van der Waals surface area contributed by atoms with Crippen molar-refractivity contribution in [3.05, 3.63) is 64.1 Å². The summed E-state index contributed by atoms with van der Waals surface area (Å²) in [6.45, 7) is 1.40. The molecule has 11 heteroatoms. The lowest BCUT2D eigenvalue weighted by Crippen LogP contribution is -2.17. The molecule has 0 aliphatic heterocycles. The number of imidazole rings is 1. The highest BCUT2D eigenvalue weighted by molar-refractivity contribution is 6.33. The number of fused-ring (bicyclic) bond motifs is 1. The molecule has 3 aromatic rings. The van der Waals surface area contributed by atoms with E-state index in [1.165, 1.54) is 6.92 Å². The molecule has 0 aliphatic carbocycles. The molecular formula is C17H10ClF6N3O. The van der Waals surface area contributed by atoms with E-state index in [0.717, 1.165) is 28.7 Å². The molecule has 3 rings (SSSR count). The number of pyridine rings is 1. The van der Waals surface area contributed by atoms with Gasteiger partial charge >= 0.3 is 12.4 Å². The molecule has 0 bridgehead atoms. The number of alkyl halides is 6. The van der Waals surface area contributed by atoms with Crippen molar-refractivity contribution >= 4 is 28.8 Å². The molecule has 0 unspecified atom stereocenters. The number of rotatable bonds is 2. The van der Waals surface area contributed by atoms with Gasteiger partial charge in [0.2, 0.25) is 0 Å². The zero-order chi connectivity index (χ0) is 20.9. The van der Waals surface area contributed by atoms with E-state index in [2.05, 4.69) is 10.3 Å². The maximum Gasteiger partial charge on any atom is 0.417 e. The van der Waals surface area contributed by atoms with Crippen molar-refractivity contribution in [2.75, 3.05) is 5.32 Å². The van der Waals surface area contributed by atoms with Crippen LogP contribution in [0.25, 0.3) is 5.65 Å². The molecule has 0 atom stereocenters. The third-order valence-electron chi connectivity index (χ3n) is 3.86. The maximum absolute atomic E-state index is 13.0. The number of nitrogens with zero attached hydrogens (tertiary/aromatic N) is 2. The predicted octanol–water partition coefficient (Wildman–Crippen LogP) is 5.59. The lowest BCUT2D eigenvalue weighted by atomic mass is 10.2. The molecule has 2 aromatic heterocycles. The SMILES string of the molecule is Cc1nc2c(Cl)cc(C(F)(F)F)cn2c1C(=O)Nc1ccc(C(F)(F)F)cc1. The first kappa shape index (κ1) is 20.0. The Hall–Kier alpha value is -2.75. The fourth-order valence-corrected chi connectivity index (χ4v) is 2.83. The van der Waals surface area contributed by atoms with Crippen LogP contribution in [-0.4, -0.2) is 15.3 Å². The molecule has 0 fully saturated rings. The van der Waals surface area contributed by atoms with Crippen LogP contribution in [0.15, 0.2) is 36.5 Å². The van der Waals surface area contributed by atoms with Gasteiger partial charge in [0, 0.05) is 11.9 Å². The van der Waals surface area contributed by atoms with Crippen LogP contribution in [0, 0.1) is 6.92 Å². The zero-order valence-corrected chi connectivity index (χ0v) is 14.7. The fourth-order valence-electron chi connectivity index (χ4n) is 2.58. The van der Waals surface area contributed by atoms with E-state index in [4.69, 9.17) is 11.6 Å². The molecule has 2 heterocycles. The van der Waals surface area contributed by atoms with Crippen LogP contribution >= 0.6 is 11.6 Å². The molecule has 0 saturated heterocycles. The summed E-state index contributed by atoms with van der Waals surface area (Å²) in [6, 6.07) is 4.31. The first-order chi connectivity index (χ1) is 12.9. The van der Waals surface area contributed by atoms with Gasteiger partial charge in [-0.05, 0) is 37.3 Å². The molecule has 0 aliphatic rings. The van der Waals surface area contributed by atoms with E-state index < -0.39 is 29.4 Å². The van der Waals surface area contributed by atoms with Gasteiger partial charge in [0.15, 0.2) is 5.65 Å². The van der Waals surface area contributed by atoms with E-state index in [9.17, 15) is 31.1 Å². The van der Waals surface area contributed by atoms with Crippen molar-refractivity contribution in [2.45, 2.75) is 19.3 Å². The highest BCUT2D eigenvalue weighted by Gasteiger charge is 2.33. The summed E-state index contributed by atoms with van der Waals surface area (Å²) in [6.07, 6.45) is -8.55. The third kappa shape index (κ3) is 3.77. The van der Waals surface area contributed by atoms with Crippen LogP contribution in [0.5, 0.6) is 0 Å². The van der Waals surface area contributed by atoms with Crippen LogP contribution in [0.2, 0.25) is 5.02 Å². The van der Waals surface area contributed by atoms with E-state index in [1.807, 2.05) is 0 Å². The summed E-state index contributed by atoms with van der Waals surface area (Å²) < 4.78 is 77.8. The van der Waals surface area contributed by atoms with Crippen LogP contribution in [0.1, 0.15) is 27.3 Å². The molecule has 0 radical (unpaired) electrons. The molecule has 4 nitrogen and oxygen atoms in total. The first-order valence-corrected chi connectivity index (χ1v) is 7.99. The summed E-state index contributed by atoms with van der Waals surface area (Å²) in [7, 11) is 0. The van der Waals surface area contributed by atoms with Gasteiger partial charge in [-0.1, -0.05) is 11.6 Å². The smallest absolute Gasteiger partial charge is 0.321 e. The van der Waals surface area contributed by atoms with Gasteiger partial charge in [-0.15, -0.1) is 0 Å². The van der Waals surface area contributed by atoms with Gasteiger partial charge in [0.1, 0.15) is 5.69 Å². The second-order valence-corrected chi connectivity index (χ2v) is 6.25. The Balaban J connectivity index is 1.99. The third-order valence-corrected chi connectivity index (χ3v) is 4.14. The Morgan fingerprint density at radius 2 is 1.61 bits per heavy atom. The Morgan fingerprint density at radius 3 is 2.14 bits per heavy atom. The number of halogens is 7. The van der Waals surface area contributed by atoms with Gasteiger partial charge in [-0.25, -0.2) is 4.98 Å². The van der Waals surface area contributed by atoms with Crippen LogP contribution < -0.4 is 5.32 Å². The van der Waals surface area contributed by atoms with E-state index in [-0.39, 0.29) is 27.7 Å². The normalized spacial score (nSPS) is 12.4. The van der Waals surface area contributed by atoms with Crippen molar-refractivity contribution in [2.24, 2.45) is 0 Å². The van der Waals surface area contributed by atoms with Gasteiger partial charge in [0.25, 0.3) is 5.91 Å². The lowest BCUT2D eigenvalue weighted by Gasteiger charge is -2.11. The largest absolute Gasteiger partial charge is 0.417 e. The monoisotopic (exact) mass is 421 g/mol. The Bertz CT molecular complexity index is 1050. The molecule has 0 saturated carbocycles. The second-order valence-electron chi connectivity index (χ2n) is 5.84. The number of aryl methyl sites for hydroxylation is 1. The van der Waals surface area contributed by atoms with Crippen molar-refractivity contribution in [1.82, 2.24) is 9.38 Å². The Kier molecular flexibility index (Phi) is 4.78. The summed E-state index contributed by atoms with van der Waals surface area (Å²) in [5, 5.41) is 2.04. The number of amides is 1. The molecule has 148 valence electrons. The Labute approximate surface area is 158 Å². The first-order valence-electron chi connectivity index (χ1n) is 7.62. The molecule has 1 aromatic carbocycles. The fraction of sp³-hybridized carbons (Fsp3) is 0.176. The molecule has 28 heavy (non-hydrogen) atoms. The Morgan fingerprint density at radius 1 is 1.04 bits per heavy atom. The number of nitrogens with one attached hydrogen (secondary N) is 1. The summed E-state index contributed by atoms with van der Waals surface area (Å²) in [5.74, 6) is -0.847. The second kappa shape index (κ2) is 6.69. The minimum Gasteiger partial charge on any atom is -0.321 e. The molecule has 1 N–H and O–H groups in total. The van der Waals surface area contributed by atoms with E-state index in [0.29, 0.717) is 12.3 Å². The van der Waals surface area contributed by atoms with Crippen LogP contribution in [0.4, 0.5) is 32.0 Å². The quantitative estimate of drug-likeness (QED) is 0.549. The molecule has 0 spiro atoms. The number of benzene rings is 1. The number of carbonyl (C=O) groups is 1. The van der Waals surface area contributed by atoms with Gasteiger partial charge in [-0.3, -0.25) is 9.20 Å². The summed E-state index contributed by atoms with van der Waals surface area (Å²) in [4.78, 5) is 16.5. The standard InChI is InChI=1S/C17H10ClF6N3O/c1-8-13(15(28)26-11-4-2-9(3-5-11)16(19,20)21)27-7-10(17(22,23)24)6-12(18)14(27)25-8/h2-7H,1H3,(H,26,28). The van der Waals surface area contributed by atoms with Crippen molar-refractivity contribution in [1.29, 1.82) is 0 Å². The van der Waals surface area contributed by atoms with Crippen molar-refractivity contribution in [3.8, 4) is 0 Å². The average Bonchev–Trinajstić information content (AvgIpc) is 2.90. The molecule has 1 amide bonds. The minimum absolute atomic E-state index is 0.0328. The van der Waals surface area contributed by atoms with Crippen LogP contribution in [0.3, 0.4) is 0 Å². The zero-order valence-electron chi connectivity index (χ0n) is 13.9. The number of aromatic nitrogens is 2. The minimum atomic E-state index is -4.70. The topological polar surface area (TPSA) is 46.4 Å². The maximum atomic E-state index is 13.0. The predicted molar refractivity (Wildman–Crippen MR) is 89.3 cm³/mol. The lowest BCUT2D eigenvalue weighted by molar-refractivity contribution is -0.138. The van der Waals surface area contributed by atoms with Gasteiger partial charge < -0.3 is 5.32 Å². The number of hydrogen-bond donors (Lipinski definition) is 1. The highest BCUT2D eigenvalue weighted by atomic mass is 35.5. The van der Waals surface area contributed by atoms with E-state index in [1.54, 1.807) is 0 Å². The highest BCUT2D eigenvalue weighted by Crippen LogP contribution is 2.33. The number of anilines is 1. The summed E-state index contributed by atoms with van der Waals surface area (Å²) in [5.41, 5.74) is -2.12.